The number of rotatable bonds is 6. The SMILES string of the molecule is CCN(C)c1cc(NCCC(C)N)ncn1. The first kappa shape index (κ1) is 12.7. The van der Waals surface area contributed by atoms with E-state index >= 15 is 0 Å². The molecular weight excluding hydrogens is 202 g/mol. The van der Waals surface area contributed by atoms with E-state index in [1.165, 1.54) is 0 Å². The summed E-state index contributed by atoms with van der Waals surface area (Å²) >= 11 is 0. The van der Waals surface area contributed by atoms with Crippen LogP contribution in [0.4, 0.5) is 11.6 Å². The van der Waals surface area contributed by atoms with Crippen LogP contribution in [0.2, 0.25) is 0 Å². The van der Waals surface area contributed by atoms with Gasteiger partial charge in [-0.3, -0.25) is 0 Å². The second-order valence-corrected chi connectivity index (χ2v) is 3.97. The summed E-state index contributed by atoms with van der Waals surface area (Å²) in [4.78, 5) is 10.4. The van der Waals surface area contributed by atoms with E-state index in [4.69, 9.17) is 5.73 Å². The Morgan fingerprint density at radius 2 is 2.25 bits per heavy atom. The molecule has 1 rings (SSSR count). The van der Waals surface area contributed by atoms with Crippen molar-refractivity contribution in [3.05, 3.63) is 12.4 Å². The van der Waals surface area contributed by atoms with Crippen LogP contribution in [-0.4, -0.2) is 36.1 Å². The van der Waals surface area contributed by atoms with E-state index in [1.54, 1.807) is 6.33 Å². The minimum atomic E-state index is 0.215. The lowest BCUT2D eigenvalue weighted by Crippen LogP contribution is -2.20. The van der Waals surface area contributed by atoms with Gasteiger partial charge in [0.2, 0.25) is 0 Å². The fourth-order valence-electron chi connectivity index (χ4n) is 1.24. The number of aromatic nitrogens is 2. The van der Waals surface area contributed by atoms with Crippen molar-refractivity contribution in [2.45, 2.75) is 26.3 Å². The quantitative estimate of drug-likeness (QED) is 0.755. The van der Waals surface area contributed by atoms with Crippen LogP contribution < -0.4 is 16.0 Å². The average molecular weight is 223 g/mol. The molecule has 1 unspecified atom stereocenters. The lowest BCUT2D eigenvalue weighted by atomic mass is 10.2. The van der Waals surface area contributed by atoms with Crippen molar-refractivity contribution in [1.29, 1.82) is 0 Å². The van der Waals surface area contributed by atoms with Crippen molar-refractivity contribution in [1.82, 2.24) is 9.97 Å². The fourth-order valence-corrected chi connectivity index (χ4v) is 1.24. The molecule has 1 aromatic heterocycles. The van der Waals surface area contributed by atoms with Crippen LogP contribution in [0.15, 0.2) is 12.4 Å². The van der Waals surface area contributed by atoms with Gasteiger partial charge < -0.3 is 16.0 Å². The maximum absolute atomic E-state index is 5.68. The molecule has 0 bridgehead atoms. The Balaban J connectivity index is 2.54. The lowest BCUT2D eigenvalue weighted by Gasteiger charge is -2.16. The molecule has 5 heteroatoms. The van der Waals surface area contributed by atoms with E-state index in [-0.39, 0.29) is 6.04 Å². The molecule has 0 radical (unpaired) electrons. The van der Waals surface area contributed by atoms with Crippen LogP contribution in [0.25, 0.3) is 0 Å². The number of hydrogen-bond acceptors (Lipinski definition) is 5. The second kappa shape index (κ2) is 6.27. The van der Waals surface area contributed by atoms with Gasteiger partial charge in [-0.1, -0.05) is 0 Å². The minimum absolute atomic E-state index is 0.215. The van der Waals surface area contributed by atoms with Crippen LogP contribution in [0, 0.1) is 0 Å². The molecule has 1 aromatic rings. The average Bonchev–Trinajstić information content (AvgIpc) is 2.28. The van der Waals surface area contributed by atoms with Crippen molar-refractivity contribution < 1.29 is 0 Å². The number of anilines is 2. The third-order valence-electron chi connectivity index (χ3n) is 2.42. The zero-order valence-electron chi connectivity index (χ0n) is 10.3. The van der Waals surface area contributed by atoms with Crippen LogP contribution >= 0.6 is 0 Å². The highest BCUT2D eigenvalue weighted by Crippen LogP contribution is 2.11. The molecule has 5 nitrogen and oxygen atoms in total. The Kier molecular flexibility index (Phi) is 4.98. The van der Waals surface area contributed by atoms with E-state index in [9.17, 15) is 0 Å². The zero-order chi connectivity index (χ0) is 12.0. The standard InChI is InChI=1S/C11H21N5/c1-4-16(3)11-7-10(14-8-15-11)13-6-5-9(2)12/h7-9H,4-6,12H2,1-3H3,(H,13,14,15). The number of nitrogens with one attached hydrogen (secondary N) is 1. The van der Waals surface area contributed by atoms with Gasteiger partial charge in [0.15, 0.2) is 0 Å². The Bertz CT molecular complexity index is 313. The van der Waals surface area contributed by atoms with Gasteiger partial charge in [0, 0.05) is 32.2 Å². The van der Waals surface area contributed by atoms with E-state index in [0.717, 1.165) is 31.1 Å². The van der Waals surface area contributed by atoms with Crippen LogP contribution in [0.1, 0.15) is 20.3 Å². The van der Waals surface area contributed by atoms with E-state index in [1.807, 2.05) is 20.0 Å². The summed E-state index contributed by atoms with van der Waals surface area (Å²) in [6.45, 7) is 5.85. The Morgan fingerprint density at radius 3 is 2.88 bits per heavy atom. The van der Waals surface area contributed by atoms with E-state index in [2.05, 4.69) is 27.1 Å². The van der Waals surface area contributed by atoms with Crippen molar-refractivity contribution in [2.75, 3.05) is 30.4 Å². The smallest absolute Gasteiger partial charge is 0.133 e. The van der Waals surface area contributed by atoms with E-state index in [0.29, 0.717) is 0 Å². The molecule has 3 N–H and O–H groups in total. The summed E-state index contributed by atoms with van der Waals surface area (Å²) in [7, 11) is 2.01. The molecule has 16 heavy (non-hydrogen) atoms. The monoisotopic (exact) mass is 223 g/mol. The normalized spacial score (nSPS) is 12.2. The largest absolute Gasteiger partial charge is 0.370 e. The lowest BCUT2D eigenvalue weighted by molar-refractivity contribution is 0.689. The van der Waals surface area contributed by atoms with Crippen molar-refractivity contribution in [3.63, 3.8) is 0 Å². The highest BCUT2D eigenvalue weighted by Gasteiger charge is 2.02. The zero-order valence-corrected chi connectivity index (χ0v) is 10.3. The fraction of sp³-hybridized carbons (Fsp3) is 0.636. The molecule has 0 spiro atoms. The first-order chi connectivity index (χ1) is 7.63. The van der Waals surface area contributed by atoms with E-state index < -0.39 is 0 Å². The Labute approximate surface area is 97.1 Å². The molecule has 1 atom stereocenters. The highest BCUT2D eigenvalue weighted by molar-refractivity contribution is 5.47. The highest BCUT2D eigenvalue weighted by atomic mass is 15.2. The molecule has 0 aromatic carbocycles. The minimum Gasteiger partial charge on any atom is -0.370 e. The van der Waals surface area contributed by atoms with Crippen molar-refractivity contribution in [3.8, 4) is 0 Å². The maximum atomic E-state index is 5.68. The number of hydrogen-bond donors (Lipinski definition) is 2. The first-order valence-electron chi connectivity index (χ1n) is 5.66. The summed E-state index contributed by atoms with van der Waals surface area (Å²) in [6, 6.07) is 2.16. The molecular formula is C11H21N5. The van der Waals surface area contributed by atoms with Gasteiger partial charge in [-0.05, 0) is 20.3 Å². The van der Waals surface area contributed by atoms with Gasteiger partial charge in [-0.2, -0.15) is 0 Å². The molecule has 0 saturated heterocycles. The van der Waals surface area contributed by atoms with Crippen LogP contribution in [0.5, 0.6) is 0 Å². The third kappa shape index (κ3) is 4.02. The number of nitrogens with two attached hydrogens (primary N) is 1. The Hall–Kier alpha value is -1.36. The van der Waals surface area contributed by atoms with Gasteiger partial charge in [-0.15, -0.1) is 0 Å². The van der Waals surface area contributed by atoms with Gasteiger partial charge in [0.1, 0.15) is 18.0 Å². The summed E-state index contributed by atoms with van der Waals surface area (Å²) in [5.74, 6) is 1.78. The van der Waals surface area contributed by atoms with Gasteiger partial charge >= 0.3 is 0 Å². The molecule has 0 amide bonds. The predicted octanol–water partition coefficient (Wildman–Crippen LogP) is 1.08. The summed E-state index contributed by atoms with van der Waals surface area (Å²) < 4.78 is 0. The molecule has 90 valence electrons. The molecule has 0 fully saturated rings. The van der Waals surface area contributed by atoms with Gasteiger partial charge in [-0.25, -0.2) is 9.97 Å². The summed E-state index contributed by atoms with van der Waals surface area (Å²) in [5.41, 5.74) is 5.68. The summed E-state index contributed by atoms with van der Waals surface area (Å²) in [5, 5.41) is 3.24. The van der Waals surface area contributed by atoms with Crippen molar-refractivity contribution in [2.24, 2.45) is 5.73 Å². The molecule has 0 aliphatic rings. The molecule has 1 heterocycles. The van der Waals surface area contributed by atoms with Gasteiger partial charge in [0.25, 0.3) is 0 Å². The second-order valence-electron chi connectivity index (χ2n) is 3.97. The third-order valence-corrected chi connectivity index (χ3v) is 2.42. The molecule has 0 aliphatic carbocycles. The van der Waals surface area contributed by atoms with Crippen LogP contribution in [0.3, 0.4) is 0 Å². The number of nitrogens with zero attached hydrogens (tertiary/aromatic N) is 3. The Morgan fingerprint density at radius 1 is 1.50 bits per heavy atom. The first-order valence-corrected chi connectivity index (χ1v) is 5.66. The maximum Gasteiger partial charge on any atom is 0.133 e. The molecule has 0 saturated carbocycles. The van der Waals surface area contributed by atoms with Crippen molar-refractivity contribution >= 4 is 11.6 Å². The summed E-state index contributed by atoms with van der Waals surface area (Å²) in [6.07, 6.45) is 2.51. The van der Waals surface area contributed by atoms with Crippen LogP contribution in [-0.2, 0) is 0 Å². The predicted molar refractivity (Wildman–Crippen MR) is 67.7 cm³/mol. The topological polar surface area (TPSA) is 67.1 Å². The molecule has 0 aliphatic heterocycles. The van der Waals surface area contributed by atoms with Gasteiger partial charge in [0.05, 0.1) is 0 Å².